The molecule has 1 aliphatic heterocycles. The van der Waals surface area contributed by atoms with Gasteiger partial charge in [-0.15, -0.1) is 0 Å². The van der Waals surface area contributed by atoms with Crippen LogP contribution in [0.25, 0.3) is 0 Å². The first-order chi connectivity index (χ1) is 17.7. The summed E-state index contributed by atoms with van der Waals surface area (Å²) in [6.45, 7) is 7.07. The van der Waals surface area contributed by atoms with Gasteiger partial charge in [0.05, 0.1) is 43.3 Å². The van der Waals surface area contributed by atoms with E-state index in [2.05, 4.69) is 15.5 Å². The number of nitrogens with zero attached hydrogens (tertiary/aromatic N) is 1. The van der Waals surface area contributed by atoms with Crippen LogP contribution in [0.3, 0.4) is 0 Å². The summed E-state index contributed by atoms with van der Waals surface area (Å²) >= 11 is 0. The molecule has 3 unspecified atom stereocenters. The van der Waals surface area contributed by atoms with Gasteiger partial charge in [-0.25, -0.2) is 0 Å². The number of aryl methyl sites for hydroxylation is 1. The van der Waals surface area contributed by atoms with Crippen molar-refractivity contribution < 1.29 is 28.6 Å². The molecular formula is C28H31N3O6. The van der Waals surface area contributed by atoms with Gasteiger partial charge in [0.2, 0.25) is 0 Å². The predicted molar refractivity (Wildman–Crippen MR) is 139 cm³/mol. The number of anilines is 2. The number of aliphatic carboxylic acids is 1. The number of morpholine rings is 1. The van der Waals surface area contributed by atoms with E-state index >= 15 is 0 Å². The maximum atomic E-state index is 13.3. The molecule has 1 saturated heterocycles. The quantitative estimate of drug-likeness (QED) is 0.415. The Kier molecular flexibility index (Phi) is 7.93. The monoisotopic (exact) mass is 505 g/mol. The van der Waals surface area contributed by atoms with Gasteiger partial charge in [0.15, 0.2) is 5.76 Å². The highest BCUT2D eigenvalue weighted by atomic mass is 16.5. The molecule has 194 valence electrons. The van der Waals surface area contributed by atoms with Gasteiger partial charge in [-0.05, 0) is 56.7 Å². The number of nitrogens with one attached hydrogen (secondary N) is 2. The molecule has 3 N–H and O–H groups in total. The first kappa shape index (κ1) is 26.0. The third-order valence-electron chi connectivity index (χ3n) is 6.36. The lowest BCUT2D eigenvalue weighted by Gasteiger charge is -2.41. The van der Waals surface area contributed by atoms with Crippen LogP contribution in [0.5, 0.6) is 0 Å². The number of carbonyl (C=O) groups excluding carboxylic acids is 2. The van der Waals surface area contributed by atoms with E-state index in [4.69, 9.17) is 9.15 Å². The molecule has 0 bridgehead atoms. The Balaban J connectivity index is 1.66. The highest BCUT2D eigenvalue weighted by Gasteiger charge is 2.29. The molecule has 0 spiro atoms. The second kappa shape index (κ2) is 11.3. The van der Waals surface area contributed by atoms with E-state index in [1.165, 1.54) is 6.26 Å². The van der Waals surface area contributed by atoms with Crippen LogP contribution in [0, 0.1) is 6.92 Å². The van der Waals surface area contributed by atoms with Crippen LogP contribution < -0.4 is 15.5 Å². The molecule has 0 radical (unpaired) electrons. The highest BCUT2D eigenvalue weighted by molar-refractivity contribution is 6.05. The normalized spacial score (nSPS) is 18.2. The molecule has 2 amide bonds. The molecule has 3 aromatic rings. The van der Waals surface area contributed by atoms with Gasteiger partial charge >= 0.3 is 5.97 Å². The summed E-state index contributed by atoms with van der Waals surface area (Å²) in [6.07, 6.45) is 1.15. The summed E-state index contributed by atoms with van der Waals surface area (Å²) in [7, 11) is 0. The average molecular weight is 506 g/mol. The molecule has 2 heterocycles. The summed E-state index contributed by atoms with van der Waals surface area (Å²) < 4.78 is 10.9. The van der Waals surface area contributed by atoms with E-state index in [1.54, 1.807) is 30.3 Å². The lowest BCUT2D eigenvalue weighted by molar-refractivity contribution is -0.137. The number of carboxylic acid groups (broad SMARTS) is 1. The zero-order chi connectivity index (χ0) is 26.5. The van der Waals surface area contributed by atoms with E-state index in [9.17, 15) is 19.5 Å². The van der Waals surface area contributed by atoms with E-state index in [0.717, 1.165) is 11.3 Å². The number of hydrogen-bond acceptors (Lipinski definition) is 6. The van der Waals surface area contributed by atoms with Crippen molar-refractivity contribution in [2.45, 2.75) is 45.3 Å². The number of ether oxygens (including phenoxy) is 1. The lowest BCUT2D eigenvalue weighted by Crippen LogP contribution is -2.50. The minimum absolute atomic E-state index is 0.0455. The van der Waals surface area contributed by atoms with Crippen LogP contribution in [-0.4, -0.2) is 48.2 Å². The Morgan fingerprint density at radius 3 is 2.35 bits per heavy atom. The molecule has 1 aliphatic rings. The fourth-order valence-corrected chi connectivity index (χ4v) is 4.54. The van der Waals surface area contributed by atoms with Gasteiger partial charge in [-0.3, -0.25) is 14.4 Å². The Hall–Kier alpha value is -4.11. The van der Waals surface area contributed by atoms with E-state index < -0.39 is 23.8 Å². The maximum absolute atomic E-state index is 13.3. The third-order valence-corrected chi connectivity index (χ3v) is 6.36. The van der Waals surface area contributed by atoms with Crippen molar-refractivity contribution in [2.24, 2.45) is 0 Å². The summed E-state index contributed by atoms with van der Waals surface area (Å²) in [5.74, 6) is -1.77. The smallest absolute Gasteiger partial charge is 0.305 e. The van der Waals surface area contributed by atoms with E-state index in [-0.39, 0.29) is 29.8 Å². The van der Waals surface area contributed by atoms with Crippen LogP contribution in [0.1, 0.15) is 58.3 Å². The fourth-order valence-electron chi connectivity index (χ4n) is 4.54. The Morgan fingerprint density at radius 1 is 1.03 bits per heavy atom. The first-order valence-corrected chi connectivity index (χ1v) is 12.2. The standard InChI is InChI=1S/C28H31N3O6/c1-17-6-8-20(9-7-17)22(14-26(32)33)29-27(34)21-10-11-24(31-18(2)15-36-16-19(31)3)23(13-21)30-28(35)25-5-4-12-37-25/h4-13,18-19,22H,14-16H2,1-3H3,(H,29,34)(H,30,35)(H,32,33). The molecule has 0 saturated carbocycles. The minimum Gasteiger partial charge on any atom is -0.481 e. The topological polar surface area (TPSA) is 121 Å². The van der Waals surface area contributed by atoms with Crippen molar-refractivity contribution in [3.05, 3.63) is 83.3 Å². The predicted octanol–water partition coefficient (Wildman–Crippen LogP) is 4.40. The van der Waals surface area contributed by atoms with Gasteiger partial charge in [0.1, 0.15) is 0 Å². The summed E-state index contributed by atoms with van der Waals surface area (Å²) in [4.78, 5) is 39.8. The number of benzene rings is 2. The number of carbonyl (C=O) groups is 3. The van der Waals surface area contributed by atoms with Crippen molar-refractivity contribution >= 4 is 29.2 Å². The molecule has 0 aliphatic carbocycles. The number of furan rings is 1. The van der Waals surface area contributed by atoms with Crippen LogP contribution in [-0.2, 0) is 9.53 Å². The molecular weight excluding hydrogens is 474 g/mol. The number of amides is 2. The molecule has 9 heteroatoms. The molecule has 2 aromatic carbocycles. The Labute approximate surface area is 215 Å². The third kappa shape index (κ3) is 6.18. The maximum Gasteiger partial charge on any atom is 0.305 e. The van der Waals surface area contributed by atoms with Gasteiger partial charge in [0.25, 0.3) is 11.8 Å². The minimum atomic E-state index is -1.03. The van der Waals surface area contributed by atoms with Crippen molar-refractivity contribution in [3.63, 3.8) is 0 Å². The highest BCUT2D eigenvalue weighted by Crippen LogP contribution is 2.33. The van der Waals surface area contributed by atoms with Crippen molar-refractivity contribution in [1.82, 2.24) is 5.32 Å². The van der Waals surface area contributed by atoms with E-state index in [0.29, 0.717) is 24.5 Å². The number of hydrogen-bond donors (Lipinski definition) is 3. The molecule has 1 fully saturated rings. The second-order valence-corrected chi connectivity index (χ2v) is 9.34. The first-order valence-electron chi connectivity index (χ1n) is 12.2. The summed E-state index contributed by atoms with van der Waals surface area (Å²) in [5.41, 5.74) is 3.21. The SMILES string of the molecule is Cc1ccc(C(CC(=O)O)NC(=O)c2ccc(N3C(C)COCC3C)c(NC(=O)c3ccco3)c2)cc1. The zero-order valence-electron chi connectivity index (χ0n) is 21.1. The molecule has 4 rings (SSSR count). The average Bonchev–Trinajstić information content (AvgIpc) is 3.40. The van der Waals surface area contributed by atoms with E-state index in [1.807, 2.05) is 45.0 Å². The fraction of sp³-hybridized carbons (Fsp3) is 0.321. The van der Waals surface area contributed by atoms with Gasteiger partial charge < -0.3 is 29.8 Å². The van der Waals surface area contributed by atoms with Crippen molar-refractivity contribution in [2.75, 3.05) is 23.4 Å². The molecule has 37 heavy (non-hydrogen) atoms. The van der Waals surface area contributed by atoms with Crippen LogP contribution in [0.15, 0.2) is 65.3 Å². The zero-order valence-corrected chi connectivity index (χ0v) is 21.1. The number of rotatable bonds is 8. The second-order valence-electron chi connectivity index (χ2n) is 9.34. The largest absolute Gasteiger partial charge is 0.481 e. The Bertz CT molecular complexity index is 1250. The van der Waals surface area contributed by atoms with Crippen molar-refractivity contribution in [3.8, 4) is 0 Å². The Morgan fingerprint density at radius 2 is 1.73 bits per heavy atom. The summed E-state index contributed by atoms with van der Waals surface area (Å²) in [5, 5.41) is 15.1. The van der Waals surface area contributed by atoms with Crippen LogP contribution in [0.4, 0.5) is 11.4 Å². The van der Waals surface area contributed by atoms with Gasteiger partial charge in [-0.1, -0.05) is 29.8 Å². The summed E-state index contributed by atoms with van der Waals surface area (Å²) in [6, 6.07) is 15.0. The van der Waals surface area contributed by atoms with Crippen molar-refractivity contribution in [1.29, 1.82) is 0 Å². The van der Waals surface area contributed by atoms with Crippen LogP contribution >= 0.6 is 0 Å². The number of carboxylic acids is 1. The molecule has 3 atom stereocenters. The van der Waals surface area contributed by atoms with Gasteiger partial charge in [-0.2, -0.15) is 0 Å². The molecule has 9 nitrogen and oxygen atoms in total. The van der Waals surface area contributed by atoms with Gasteiger partial charge in [0, 0.05) is 17.6 Å². The lowest BCUT2D eigenvalue weighted by atomic mass is 10.0. The molecule has 1 aromatic heterocycles. The van der Waals surface area contributed by atoms with Crippen LogP contribution in [0.2, 0.25) is 0 Å².